The molecular formula is C14H19F2NO2. The summed E-state index contributed by atoms with van der Waals surface area (Å²) in [4.78, 5) is 23.6. The van der Waals surface area contributed by atoms with E-state index in [0.717, 1.165) is 19.3 Å². The Balaban J connectivity index is 1.75. The average molecular weight is 271 g/mol. The van der Waals surface area contributed by atoms with E-state index in [-0.39, 0.29) is 0 Å². The number of carbonyl (C=O) groups excluding carboxylic acids is 2. The molecule has 4 aliphatic rings. The van der Waals surface area contributed by atoms with Crippen molar-refractivity contribution in [2.45, 2.75) is 51.4 Å². The molecule has 0 aromatic rings. The van der Waals surface area contributed by atoms with Gasteiger partial charge in [-0.3, -0.25) is 14.9 Å². The first-order valence-electron chi connectivity index (χ1n) is 7.02. The molecule has 4 saturated carbocycles. The van der Waals surface area contributed by atoms with Gasteiger partial charge < -0.3 is 0 Å². The van der Waals surface area contributed by atoms with Crippen molar-refractivity contribution in [2.75, 3.05) is 0 Å². The van der Waals surface area contributed by atoms with Crippen LogP contribution in [0.3, 0.4) is 0 Å². The molecule has 0 unspecified atom stereocenters. The average Bonchev–Trinajstić information content (AvgIpc) is 2.25. The lowest BCUT2D eigenvalue weighted by molar-refractivity contribution is -0.156. The van der Waals surface area contributed by atoms with E-state index >= 15 is 0 Å². The van der Waals surface area contributed by atoms with Crippen molar-refractivity contribution in [3.05, 3.63) is 0 Å². The second kappa shape index (κ2) is 4.00. The summed E-state index contributed by atoms with van der Waals surface area (Å²) in [6.07, 6.45) is 5.83. The molecule has 1 N–H and O–H groups in total. The number of halogens is 2. The van der Waals surface area contributed by atoms with Gasteiger partial charge in [0.05, 0.1) is 5.41 Å². The van der Waals surface area contributed by atoms with Crippen LogP contribution in [0.2, 0.25) is 0 Å². The van der Waals surface area contributed by atoms with Crippen molar-refractivity contribution in [3.63, 3.8) is 0 Å². The molecule has 0 aromatic heterocycles. The van der Waals surface area contributed by atoms with Crippen LogP contribution in [0.15, 0.2) is 0 Å². The number of nitrogens with one attached hydrogen (secondary N) is 1. The van der Waals surface area contributed by atoms with Crippen LogP contribution in [0.5, 0.6) is 0 Å². The molecule has 0 aromatic carbocycles. The van der Waals surface area contributed by atoms with Gasteiger partial charge in [-0.05, 0) is 56.3 Å². The maximum Gasteiger partial charge on any atom is 0.322 e. The second-order valence-electron chi connectivity index (χ2n) is 6.87. The fourth-order valence-electron chi connectivity index (χ4n) is 4.73. The molecule has 4 bridgehead atoms. The minimum absolute atomic E-state index is 0.460. The number of amides is 2. The van der Waals surface area contributed by atoms with Crippen LogP contribution >= 0.6 is 0 Å². The zero-order valence-electron chi connectivity index (χ0n) is 11.0. The molecule has 106 valence electrons. The van der Waals surface area contributed by atoms with Crippen molar-refractivity contribution in [2.24, 2.45) is 23.2 Å². The van der Waals surface area contributed by atoms with Crippen LogP contribution < -0.4 is 5.32 Å². The van der Waals surface area contributed by atoms with Crippen LogP contribution in [-0.4, -0.2) is 17.7 Å². The van der Waals surface area contributed by atoms with E-state index < -0.39 is 23.2 Å². The normalized spacial score (nSPS) is 40.3. The standard InChI is InChI=1S/C14H19F2NO2/c1-13(15,16)11(18)17-12(19)14-5-8-2-9(6-14)4-10(3-8)7-14/h8-10H,2-7H2,1H3,(H,17,18,19). The largest absolute Gasteiger partial charge is 0.322 e. The van der Waals surface area contributed by atoms with Gasteiger partial charge in [-0.1, -0.05) is 0 Å². The third-order valence-corrected chi connectivity index (χ3v) is 5.15. The summed E-state index contributed by atoms with van der Waals surface area (Å²) in [5.74, 6) is -3.76. The van der Waals surface area contributed by atoms with Crippen LogP contribution in [0.4, 0.5) is 8.78 Å². The molecule has 0 saturated heterocycles. The molecule has 0 spiro atoms. The van der Waals surface area contributed by atoms with Crippen LogP contribution in [-0.2, 0) is 9.59 Å². The second-order valence-corrected chi connectivity index (χ2v) is 6.87. The van der Waals surface area contributed by atoms with E-state index in [1.807, 2.05) is 5.32 Å². The summed E-state index contributed by atoms with van der Waals surface area (Å²) in [6.45, 7) is 0.523. The van der Waals surface area contributed by atoms with Gasteiger partial charge in [0.25, 0.3) is 5.91 Å². The summed E-state index contributed by atoms with van der Waals surface area (Å²) >= 11 is 0. The molecule has 4 aliphatic carbocycles. The molecule has 0 heterocycles. The van der Waals surface area contributed by atoms with Gasteiger partial charge in [0.2, 0.25) is 5.91 Å². The Morgan fingerprint density at radius 2 is 1.47 bits per heavy atom. The molecular weight excluding hydrogens is 252 g/mol. The first-order valence-corrected chi connectivity index (χ1v) is 7.02. The molecule has 0 aliphatic heterocycles. The Morgan fingerprint density at radius 1 is 1.05 bits per heavy atom. The highest BCUT2D eigenvalue weighted by Crippen LogP contribution is 2.60. The lowest BCUT2D eigenvalue weighted by Gasteiger charge is -2.55. The highest BCUT2D eigenvalue weighted by molar-refractivity contribution is 6.00. The lowest BCUT2D eigenvalue weighted by atomic mass is 9.49. The Morgan fingerprint density at radius 3 is 1.84 bits per heavy atom. The third-order valence-electron chi connectivity index (χ3n) is 5.15. The highest BCUT2D eigenvalue weighted by atomic mass is 19.3. The predicted octanol–water partition coefficient (Wildman–Crippen LogP) is 2.50. The molecule has 0 radical (unpaired) electrons. The summed E-state index contributed by atoms with van der Waals surface area (Å²) < 4.78 is 25.8. The Labute approximate surface area is 111 Å². The lowest BCUT2D eigenvalue weighted by Crippen LogP contribution is -2.56. The van der Waals surface area contributed by atoms with E-state index in [2.05, 4.69) is 0 Å². The summed E-state index contributed by atoms with van der Waals surface area (Å²) in [5.41, 5.74) is -0.546. The summed E-state index contributed by atoms with van der Waals surface area (Å²) in [5, 5.41) is 1.95. The van der Waals surface area contributed by atoms with E-state index in [1.54, 1.807) is 0 Å². The highest BCUT2D eigenvalue weighted by Gasteiger charge is 2.55. The molecule has 3 nitrogen and oxygen atoms in total. The van der Waals surface area contributed by atoms with Crippen molar-refractivity contribution in [3.8, 4) is 0 Å². The Bertz CT molecular complexity index is 392. The van der Waals surface area contributed by atoms with Crippen molar-refractivity contribution in [1.82, 2.24) is 5.32 Å². The monoisotopic (exact) mass is 271 g/mol. The number of hydrogen-bond donors (Lipinski definition) is 1. The minimum atomic E-state index is -3.49. The maximum absolute atomic E-state index is 12.9. The number of hydrogen-bond acceptors (Lipinski definition) is 2. The molecule has 2 amide bonds. The number of imide groups is 1. The predicted molar refractivity (Wildman–Crippen MR) is 64.4 cm³/mol. The smallest absolute Gasteiger partial charge is 0.291 e. The molecule has 4 fully saturated rings. The molecule has 19 heavy (non-hydrogen) atoms. The quantitative estimate of drug-likeness (QED) is 0.838. The summed E-state index contributed by atoms with van der Waals surface area (Å²) in [7, 11) is 0. The van der Waals surface area contributed by atoms with Gasteiger partial charge in [-0.15, -0.1) is 0 Å². The molecule has 0 atom stereocenters. The Kier molecular flexibility index (Phi) is 2.74. The third kappa shape index (κ3) is 2.17. The van der Waals surface area contributed by atoms with Gasteiger partial charge in [0.15, 0.2) is 0 Å². The fraction of sp³-hybridized carbons (Fsp3) is 0.857. The van der Waals surface area contributed by atoms with Crippen molar-refractivity contribution < 1.29 is 18.4 Å². The van der Waals surface area contributed by atoms with E-state index in [9.17, 15) is 18.4 Å². The van der Waals surface area contributed by atoms with Crippen molar-refractivity contribution >= 4 is 11.8 Å². The maximum atomic E-state index is 12.9. The van der Waals surface area contributed by atoms with E-state index in [1.165, 1.54) is 19.3 Å². The topological polar surface area (TPSA) is 46.2 Å². The summed E-state index contributed by atoms with van der Waals surface area (Å²) in [6, 6.07) is 0. The Hall–Kier alpha value is -1.00. The SMILES string of the molecule is CC(F)(F)C(=O)NC(=O)C12CC3CC(CC(C3)C1)C2. The van der Waals surface area contributed by atoms with E-state index in [0.29, 0.717) is 24.7 Å². The zero-order valence-corrected chi connectivity index (χ0v) is 11.0. The number of carbonyl (C=O) groups is 2. The van der Waals surface area contributed by atoms with E-state index in [4.69, 9.17) is 0 Å². The first-order chi connectivity index (χ1) is 8.78. The van der Waals surface area contributed by atoms with Gasteiger partial charge in [0.1, 0.15) is 0 Å². The van der Waals surface area contributed by atoms with Crippen LogP contribution in [0, 0.1) is 23.2 Å². The minimum Gasteiger partial charge on any atom is -0.291 e. The van der Waals surface area contributed by atoms with Crippen molar-refractivity contribution in [1.29, 1.82) is 0 Å². The zero-order chi connectivity index (χ0) is 13.8. The first kappa shape index (κ1) is 13.0. The number of alkyl halides is 2. The molecule has 4 rings (SSSR count). The van der Waals surface area contributed by atoms with Gasteiger partial charge in [-0.2, -0.15) is 8.78 Å². The molecule has 5 heteroatoms. The van der Waals surface area contributed by atoms with Crippen LogP contribution in [0.1, 0.15) is 45.4 Å². The fourth-order valence-corrected chi connectivity index (χ4v) is 4.73. The van der Waals surface area contributed by atoms with Crippen LogP contribution in [0.25, 0.3) is 0 Å². The van der Waals surface area contributed by atoms with Gasteiger partial charge in [-0.25, -0.2) is 0 Å². The van der Waals surface area contributed by atoms with Gasteiger partial charge in [0, 0.05) is 6.92 Å². The number of rotatable bonds is 2. The van der Waals surface area contributed by atoms with Gasteiger partial charge >= 0.3 is 5.92 Å².